The van der Waals surface area contributed by atoms with E-state index in [1.165, 1.54) is 24.3 Å². The van der Waals surface area contributed by atoms with Gasteiger partial charge in [-0.3, -0.25) is 62.3 Å². The minimum atomic E-state index is -1.87. The molecule has 0 bridgehead atoms. The van der Waals surface area contributed by atoms with Crippen LogP contribution < -0.4 is 65.9 Å². The number of phenols is 1. The van der Waals surface area contributed by atoms with Gasteiger partial charge in [0.05, 0.1) is 25.7 Å². The first-order chi connectivity index (χ1) is 36.8. The van der Waals surface area contributed by atoms with E-state index in [9.17, 15) is 67.4 Å². The summed E-state index contributed by atoms with van der Waals surface area (Å²) in [6.45, 7) is 4.24. The van der Waals surface area contributed by atoms with Crippen LogP contribution in [0.25, 0.3) is 0 Å². The molecule has 1 aromatic rings. The number of fused-ring (bicyclic) bond motifs is 1. The molecule has 27 heteroatoms. The van der Waals surface area contributed by atoms with Gasteiger partial charge in [0.2, 0.25) is 76.8 Å². The van der Waals surface area contributed by atoms with Crippen molar-refractivity contribution in [3.05, 3.63) is 29.8 Å². The second-order valence-electron chi connectivity index (χ2n) is 20.4. The second kappa shape index (κ2) is 32.7. The van der Waals surface area contributed by atoms with Crippen LogP contribution in [-0.2, 0) is 68.7 Å². The van der Waals surface area contributed by atoms with Crippen molar-refractivity contribution in [3.8, 4) is 5.75 Å². The average Bonchev–Trinajstić information content (AvgIpc) is 3.84. The van der Waals surface area contributed by atoms with Crippen LogP contribution in [0, 0.1) is 5.92 Å². The zero-order valence-corrected chi connectivity index (χ0v) is 44.4. The zero-order valence-electron chi connectivity index (χ0n) is 44.4. The third-order valence-corrected chi connectivity index (χ3v) is 13.2. The molecule has 0 radical (unpaired) electrons. The number of amides is 13. The Morgan fingerprint density at radius 1 is 0.526 bits per heavy atom. The number of nitrogens with zero attached hydrogens (tertiary/aromatic N) is 1. The van der Waals surface area contributed by atoms with Crippen LogP contribution in [-0.4, -0.2) is 142 Å². The molecule has 78 heavy (non-hydrogen) atoms. The number of nitrogens with two attached hydrogens (primary N) is 5. The highest BCUT2D eigenvalue weighted by Crippen LogP contribution is 2.21. The molecule has 0 aromatic heterocycles. The predicted octanol–water partition coefficient (Wildman–Crippen LogP) is -2.95. The maximum atomic E-state index is 14.3. The van der Waals surface area contributed by atoms with Crippen LogP contribution in [0.15, 0.2) is 24.3 Å². The van der Waals surface area contributed by atoms with Crippen LogP contribution in [0.1, 0.15) is 141 Å². The number of carbonyl (C=O) groups is 13. The van der Waals surface area contributed by atoms with Crippen molar-refractivity contribution in [1.29, 1.82) is 0 Å². The van der Waals surface area contributed by atoms with E-state index >= 15 is 0 Å². The Labute approximate surface area is 452 Å². The number of nitrogens with one attached hydrogen (secondary N) is 7. The zero-order chi connectivity index (χ0) is 58.1. The van der Waals surface area contributed by atoms with E-state index in [-0.39, 0.29) is 38.0 Å². The molecular weight excluding hydrogens is 1020 g/mol. The average molecular weight is 1100 g/mol. The number of hydrogen-bond donors (Lipinski definition) is 13. The molecule has 2 aliphatic heterocycles. The number of aromatic hydroxyl groups is 1. The van der Waals surface area contributed by atoms with Gasteiger partial charge in [0.25, 0.3) is 0 Å². The van der Waals surface area contributed by atoms with E-state index in [1.807, 2.05) is 0 Å². The highest BCUT2D eigenvalue weighted by atomic mass is 16.3. The molecule has 2 fully saturated rings. The van der Waals surface area contributed by atoms with Crippen molar-refractivity contribution in [2.24, 2.45) is 34.6 Å². The van der Waals surface area contributed by atoms with Gasteiger partial charge in [-0.2, -0.15) is 0 Å². The van der Waals surface area contributed by atoms with Crippen LogP contribution >= 0.6 is 0 Å². The molecular formula is C51H79N13O14. The molecule has 0 spiro atoms. The first-order valence-electron chi connectivity index (χ1n) is 26.4. The van der Waals surface area contributed by atoms with E-state index in [2.05, 4.69) is 51.1 Å². The normalized spacial score (nSPS) is 23.4. The Morgan fingerprint density at radius 2 is 0.949 bits per heavy atom. The number of hydrogen-bond acceptors (Lipinski definition) is 14. The summed E-state index contributed by atoms with van der Waals surface area (Å²) in [6, 6.07) is -7.63. The van der Waals surface area contributed by atoms with Crippen molar-refractivity contribution < 1.29 is 67.4 Å². The Kier molecular flexibility index (Phi) is 27.0. The van der Waals surface area contributed by atoms with Crippen molar-refractivity contribution >= 4 is 76.8 Å². The number of unbranched alkanes of at least 4 members (excludes halogenated alkanes) is 7. The molecule has 3 rings (SSSR count). The van der Waals surface area contributed by atoms with Crippen LogP contribution in [0.3, 0.4) is 0 Å². The van der Waals surface area contributed by atoms with Crippen LogP contribution in [0.5, 0.6) is 5.75 Å². The lowest BCUT2D eigenvalue weighted by Gasteiger charge is -2.31. The second-order valence-corrected chi connectivity index (χ2v) is 20.4. The molecule has 8 atom stereocenters. The number of primary amides is 5. The highest BCUT2D eigenvalue weighted by molar-refractivity contribution is 6.01. The first kappa shape index (κ1) is 64.4. The predicted molar refractivity (Wildman–Crippen MR) is 279 cm³/mol. The van der Waals surface area contributed by atoms with Crippen molar-refractivity contribution in [1.82, 2.24) is 42.1 Å². The molecule has 2 heterocycles. The Morgan fingerprint density at radius 3 is 1.44 bits per heavy atom. The van der Waals surface area contributed by atoms with Crippen LogP contribution in [0.4, 0.5) is 0 Å². The van der Waals surface area contributed by atoms with E-state index in [0.717, 1.165) is 49.8 Å². The molecule has 27 nitrogen and oxygen atoms in total. The Bertz CT molecular complexity index is 2320. The molecule has 1 aromatic carbocycles. The summed E-state index contributed by atoms with van der Waals surface area (Å²) in [5.41, 5.74) is 27.7. The maximum Gasteiger partial charge on any atom is 0.245 e. The number of benzene rings is 1. The van der Waals surface area contributed by atoms with Gasteiger partial charge in [-0.15, -0.1) is 0 Å². The van der Waals surface area contributed by atoms with Crippen LogP contribution in [0.2, 0.25) is 0 Å². The molecule has 2 aliphatic rings. The monoisotopic (exact) mass is 1100 g/mol. The fourth-order valence-electron chi connectivity index (χ4n) is 9.13. The van der Waals surface area contributed by atoms with Gasteiger partial charge in [0.15, 0.2) is 0 Å². The van der Waals surface area contributed by atoms with Crippen molar-refractivity contribution in [2.45, 2.75) is 191 Å². The summed E-state index contributed by atoms with van der Waals surface area (Å²) in [4.78, 5) is 176. The van der Waals surface area contributed by atoms with Gasteiger partial charge in [-0.25, -0.2) is 0 Å². The van der Waals surface area contributed by atoms with E-state index < -0.39 is 170 Å². The van der Waals surface area contributed by atoms with Gasteiger partial charge in [-0.1, -0.05) is 83.8 Å². The smallest absolute Gasteiger partial charge is 0.245 e. The topological polar surface area (TPSA) is 460 Å². The standard InChI is InChI=1S/C51H79N13O14/c1-28(2)12-9-7-5-3-4-6-8-10-13-30-23-44(71)58-34(24-40(53)67)47(74)60-33(22-29-15-17-31(65)18-16-29)46(73)62-36(26-42(55)69)48(75)59-32(19-20-39(52)66)51(78)64-21-11-14-38(64)50(77)63-37(27-43(56)70)49(76)61-35(25-41(54)68)45(72)57-30/h15-18,28,30,32-38,65H,3-14,19-27H2,1-2H3,(H2,52,66)(H2,53,67)(H2,54,68)(H2,55,69)(H2,56,70)(H,57,72)(H,58,71)(H,59,75)(H,60,74)(H,61,76)(H,62,73)(H,63,77). The maximum absolute atomic E-state index is 14.3. The molecule has 2 saturated heterocycles. The largest absolute Gasteiger partial charge is 0.508 e. The summed E-state index contributed by atoms with van der Waals surface area (Å²) in [6.07, 6.45) is 3.42. The number of rotatable bonds is 24. The first-order valence-corrected chi connectivity index (χ1v) is 26.4. The summed E-state index contributed by atoms with van der Waals surface area (Å²) in [5, 5.41) is 26.9. The quantitative estimate of drug-likeness (QED) is 0.0461. The highest BCUT2D eigenvalue weighted by Gasteiger charge is 2.41. The minimum Gasteiger partial charge on any atom is -0.508 e. The number of carbonyl (C=O) groups excluding carboxylic acids is 13. The molecule has 18 N–H and O–H groups in total. The van der Waals surface area contributed by atoms with E-state index in [0.29, 0.717) is 24.3 Å². The third-order valence-electron chi connectivity index (χ3n) is 13.2. The van der Waals surface area contributed by atoms with Gasteiger partial charge < -0.3 is 75.9 Å². The minimum absolute atomic E-state index is 0.0200. The SMILES string of the molecule is CC(C)CCCCCCCCCCC1CC(=O)NC(CC(N)=O)C(=O)NC(Cc2ccc(O)cc2)C(=O)NC(CC(N)=O)C(=O)NC(CCC(N)=O)C(=O)N2CCCC2C(=O)NC(CC(N)=O)C(=O)NC(CC(N)=O)C(=O)N1. The molecule has 8 unspecified atom stereocenters. The lowest BCUT2D eigenvalue weighted by atomic mass is 10.0. The molecule has 0 saturated carbocycles. The summed E-state index contributed by atoms with van der Waals surface area (Å²) in [7, 11) is 0. The molecule has 13 amide bonds. The third kappa shape index (κ3) is 23.6. The van der Waals surface area contributed by atoms with Crippen molar-refractivity contribution in [2.75, 3.05) is 6.54 Å². The molecule has 0 aliphatic carbocycles. The lowest BCUT2D eigenvalue weighted by molar-refractivity contribution is -0.143. The summed E-state index contributed by atoms with van der Waals surface area (Å²) in [5.74, 6) is -13.3. The lowest BCUT2D eigenvalue weighted by Crippen LogP contribution is -2.60. The fourth-order valence-corrected chi connectivity index (χ4v) is 9.13. The van der Waals surface area contributed by atoms with Crippen molar-refractivity contribution in [3.63, 3.8) is 0 Å². The van der Waals surface area contributed by atoms with E-state index in [1.54, 1.807) is 0 Å². The Balaban J connectivity index is 2.14. The van der Waals surface area contributed by atoms with Gasteiger partial charge in [0.1, 0.15) is 48.0 Å². The fraction of sp³-hybridized carbons (Fsp3) is 0.627. The van der Waals surface area contributed by atoms with Gasteiger partial charge in [0, 0.05) is 31.8 Å². The van der Waals surface area contributed by atoms with Gasteiger partial charge >= 0.3 is 0 Å². The molecule has 432 valence electrons. The Hall–Kier alpha value is -7.87. The van der Waals surface area contributed by atoms with E-state index in [4.69, 9.17) is 28.7 Å². The van der Waals surface area contributed by atoms with Gasteiger partial charge in [-0.05, 0) is 49.3 Å². The summed E-state index contributed by atoms with van der Waals surface area (Å²) >= 11 is 0. The summed E-state index contributed by atoms with van der Waals surface area (Å²) < 4.78 is 0. The number of phenolic OH excluding ortho intramolecular Hbond substituents is 1.